The monoisotopic (exact) mass is 179 g/mol. The van der Waals surface area contributed by atoms with E-state index in [1.807, 2.05) is 12.3 Å². The van der Waals surface area contributed by atoms with Crippen molar-refractivity contribution in [2.75, 3.05) is 6.54 Å². The van der Waals surface area contributed by atoms with Gasteiger partial charge >= 0.3 is 0 Å². The molecule has 1 rings (SSSR count). The minimum atomic E-state index is 0.312. The minimum absolute atomic E-state index is 0.312. The molecule has 1 unspecified atom stereocenters. The van der Waals surface area contributed by atoms with Crippen molar-refractivity contribution < 1.29 is 0 Å². The molecule has 0 saturated heterocycles. The highest BCUT2D eigenvalue weighted by atomic mass is 15.0. The van der Waals surface area contributed by atoms with Crippen molar-refractivity contribution in [1.82, 2.24) is 10.3 Å². The standard InChI is InChI=1S/C10H17N3/c1-8(6-11)13-9(2)10-4-3-5-12-7-10/h3-5,7-9,13H,6,11H2,1-2H3/t8?,9-/m1/s1. The molecule has 0 amide bonds. The fourth-order valence-corrected chi connectivity index (χ4v) is 1.22. The van der Waals surface area contributed by atoms with Crippen LogP contribution < -0.4 is 11.1 Å². The molecule has 1 aromatic rings. The van der Waals surface area contributed by atoms with Gasteiger partial charge in [0.05, 0.1) is 0 Å². The van der Waals surface area contributed by atoms with Crippen molar-refractivity contribution in [2.45, 2.75) is 25.9 Å². The lowest BCUT2D eigenvalue weighted by Gasteiger charge is -2.18. The van der Waals surface area contributed by atoms with E-state index in [4.69, 9.17) is 5.73 Å². The van der Waals surface area contributed by atoms with E-state index in [0.717, 1.165) is 0 Å². The van der Waals surface area contributed by atoms with Gasteiger partial charge in [0.15, 0.2) is 0 Å². The van der Waals surface area contributed by atoms with E-state index in [1.54, 1.807) is 6.20 Å². The van der Waals surface area contributed by atoms with Crippen LogP contribution in [0.2, 0.25) is 0 Å². The van der Waals surface area contributed by atoms with E-state index in [0.29, 0.717) is 18.6 Å². The maximum Gasteiger partial charge on any atom is 0.0315 e. The molecule has 0 bridgehead atoms. The predicted octanol–water partition coefficient (Wildman–Crippen LogP) is 1.08. The Morgan fingerprint density at radius 3 is 2.85 bits per heavy atom. The molecule has 13 heavy (non-hydrogen) atoms. The second-order valence-electron chi connectivity index (χ2n) is 3.31. The van der Waals surface area contributed by atoms with Crippen LogP contribution in [0.25, 0.3) is 0 Å². The molecular formula is C10H17N3. The Labute approximate surface area is 79.4 Å². The SMILES string of the molecule is CC(CN)N[C@H](C)c1cccnc1. The van der Waals surface area contributed by atoms with Gasteiger partial charge in [0.1, 0.15) is 0 Å². The molecule has 0 saturated carbocycles. The summed E-state index contributed by atoms with van der Waals surface area (Å²) < 4.78 is 0. The largest absolute Gasteiger partial charge is 0.329 e. The first-order valence-corrected chi connectivity index (χ1v) is 4.60. The fourth-order valence-electron chi connectivity index (χ4n) is 1.22. The van der Waals surface area contributed by atoms with Gasteiger partial charge in [-0.25, -0.2) is 0 Å². The molecule has 0 fully saturated rings. The average Bonchev–Trinajstić information content (AvgIpc) is 2.19. The third-order valence-corrected chi connectivity index (χ3v) is 2.07. The van der Waals surface area contributed by atoms with Crippen molar-refractivity contribution in [3.05, 3.63) is 30.1 Å². The number of hydrogen-bond acceptors (Lipinski definition) is 3. The summed E-state index contributed by atoms with van der Waals surface area (Å²) in [6, 6.07) is 4.66. The van der Waals surface area contributed by atoms with Crippen LogP contribution in [-0.4, -0.2) is 17.6 Å². The Morgan fingerprint density at radius 1 is 1.54 bits per heavy atom. The number of aromatic nitrogens is 1. The zero-order valence-corrected chi connectivity index (χ0v) is 8.20. The smallest absolute Gasteiger partial charge is 0.0315 e. The van der Waals surface area contributed by atoms with Crippen LogP contribution in [-0.2, 0) is 0 Å². The topological polar surface area (TPSA) is 50.9 Å². The number of nitrogens with one attached hydrogen (secondary N) is 1. The van der Waals surface area contributed by atoms with Crippen molar-refractivity contribution in [1.29, 1.82) is 0 Å². The molecular weight excluding hydrogens is 162 g/mol. The van der Waals surface area contributed by atoms with Crippen molar-refractivity contribution in [3.63, 3.8) is 0 Å². The second-order valence-corrected chi connectivity index (χ2v) is 3.31. The second kappa shape index (κ2) is 4.94. The number of rotatable bonds is 4. The summed E-state index contributed by atoms with van der Waals surface area (Å²) in [4.78, 5) is 4.07. The van der Waals surface area contributed by atoms with Gasteiger partial charge in [0.25, 0.3) is 0 Å². The maximum absolute atomic E-state index is 5.52. The molecule has 0 aliphatic heterocycles. The van der Waals surface area contributed by atoms with Gasteiger partial charge in [0.2, 0.25) is 0 Å². The van der Waals surface area contributed by atoms with Gasteiger partial charge in [-0.1, -0.05) is 6.07 Å². The lowest BCUT2D eigenvalue weighted by molar-refractivity contribution is 0.485. The number of nitrogens with zero attached hydrogens (tertiary/aromatic N) is 1. The van der Waals surface area contributed by atoms with Crippen molar-refractivity contribution >= 4 is 0 Å². The van der Waals surface area contributed by atoms with Crippen LogP contribution in [0.1, 0.15) is 25.5 Å². The quantitative estimate of drug-likeness (QED) is 0.727. The first-order chi connectivity index (χ1) is 6.24. The molecule has 0 aromatic carbocycles. The van der Waals surface area contributed by atoms with E-state index in [9.17, 15) is 0 Å². The molecule has 0 radical (unpaired) electrons. The van der Waals surface area contributed by atoms with E-state index in [2.05, 4.69) is 30.2 Å². The Balaban J connectivity index is 2.53. The third kappa shape index (κ3) is 3.13. The Hall–Kier alpha value is -0.930. The summed E-state index contributed by atoms with van der Waals surface area (Å²) >= 11 is 0. The molecule has 2 atom stereocenters. The van der Waals surface area contributed by atoms with Crippen LogP contribution in [0.5, 0.6) is 0 Å². The molecule has 1 aromatic heterocycles. The van der Waals surface area contributed by atoms with Gasteiger partial charge in [-0.2, -0.15) is 0 Å². The molecule has 0 aliphatic rings. The van der Waals surface area contributed by atoms with Gasteiger partial charge < -0.3 is 11.1 Å². The molecule has 72 valence electrons. The summed E-state index contributed by atoms with van der Waals surface area (Å²) in [5.74, 6) is 0. The fraction of sp³-hybridized carbons (Fsp3) is 0.500. The third-order valence-electron chi connectivity index (χ3n) is 2.07. The number of nitrogens with two attached hydrogens (primary N) is 1. The molecule has 0 spiro atoms. The zero-order valence-electron chi connectivity index (χ0n) is 8.20. The number of pyridine rings is 1. The van der Waals surface area contributed by atoms with Gasteiger partial charge in [-0.05, 0) is 25.5 Å². The summed E-state index contributed by atoms with van der Waals surface area (Å²) in [6.07, 6.45) is 3.66. The van der Waals surface area contributed by atoms with Gasteiger partial charge in [-0.15, -0.1) is 0 Å². The highest BCUT2D eigenvalue weighted by Crippen LogP contribution is 2.09. The highest BCUT2D eigenvalue weighted by Gasteiger charge is 2.07. The molecule has 3 N–H and O–H groups in total. The van der Waals surface area contributed by atoms with E-state index in [-0.39, 0.29) is 0 Å². The first kappa shape index (κ1) is 10.2. The Morgan fingerprint density at radius 2 is 2.31 bits per heavy atom. The van der Waals surface area contributed by atoms with E-state index >= 15 is 0 Å². The van der Waals surface area contributed by atoms with Crippen molar-refractivity contribution in [3.8, 4) is 0 Å². The first-order valence-electron chi connectivity index (χ1n) is 4.60. The van der Waals surface area contributed by atoms with Crippen LogP contribution in [0.15, 0.2) is 24.5 Å². The van der Waals surface area contributed by atoms with Gasteiger partial charge in [-0.3, -0.25) is 4.98 Å². The zero-order chi connectivity index (χ0) is 9.68. The maximum atomic E-state index is 5.52. The van der Waals surface area contributed by atoms with Crippen LogP contribution >= 0.6 is 0 Å². The predicted molar refractivity (Wildman–Crippen MR) is 54.3 cm³/mol. The molecule has 1 heterocycles. The van der Waals surface area contributed by atoms with Gasteiger partial charge in [0, 0.05) is 31.0 Å². The highest BCUT2D eigenvalue weighted by molar-refractivity contribution is 5.12. The van der Waals surface area contributed by atoms with E-state index in [1.165, 1.54) is 5.56 Å². The lowest BCUT2D eigenvalue weighted by Crippen LogP contribution is -2.35. The minimum Gasteiger partial charge on any atom is -0.329 e. The average molecular weight is 179 g/mol. The lowest BCUT2D eigenvalue weighted by atomic mass is 10.1. The Kier molecular flexibility index (Phi) is 3.86. The Bertz CT molecular complexity index is 235. The van der Waals surface area contributed by atoms with Crippen LogP contribution in [0.4, 0.5) is 0 Å². The summed E-state index contributed by atoms with van der Waals surface area (Å²) in [6.45, 7) is 4.85. The number of hydrogen-bond donors (Lipinski definition) is 2. The summed E-state index contributed by atoms with van der Waals surface area (Å²) in [7, 11) is 0. The van der Waals surface area contributed by atoms with Crippen molar-refractivity contribution in [2.24, 2.45) is 5.73 Å². The summed E-state index contributed by atoms with van der Waals surface area (Å²) in [5, 5.41) is 3.38. The normalized spacial score (nSPS) is 15.3. The molecule has 3 heteroatoms. The van der Waals surface area contributed by atoms with Crippen LogP contribution in [0, 0.1) is 0 Å². The van der Waals surface area contributed by atoms with Crippen LogP contribution in [0.3, 0.4) is 0 Å². The van der Waals surface area contributed by atoms with E-state index < -0.39 is 0 Å². The molecule has 0 aliphatic carbocycles. The summed E-state index contributed by atoms with van der Waals surface area (Å²) in [5.41, 5.74) is 6.72. The molecule has 3 nitrogen and oxygen atoms in total.